The maximum absolute atomic E-state index is 12.2. The first-order chi connectivity index (χ1) is 9.29. The van der Waals surface area contributed by atoms with E-state index < -0.39 is 0 Å². The lowest BCUT2D eigenvalue weighted by Crippen LogP contribution is -2.45. The van der Waals surface area contributed by atoms with Gasteiger partial charge < -0.3 is 20.7 Å². The third kappa shape index (κ3) is 4.75. The molecule has 2 atom stereocenters. The molecule has 2 fully saturated rings. The summed E-state index contributed by atoms with van der Waals surface area (Å²) in [5, 5.41) is 3.38. The minimum atomic E-state index is 0.0821. The van der Waals surface area contributed by atoms with Crippen molar-refractivity contribution in [3.05, 3.63) is 0 Å². The van der Waals surface area contributed by atoms with Gasteiger partial charge in [-0.3, -0.25) is 4.79 Å². The monoisotopic (exact) mass is 269 g/mol. The van der Waals surface area contributed by atoms with Crippen LogP contribution in [0.3, 0.4) is 0 Å². The van der Waals surface area contributed by atoms with E-state index in [4.69, 9.17) is 10.5 Å². The van der Waals surface area contributed by atoms with E-state index in [2.05, 4.69) is 5.32 Å². The fraction of sp³-hybridized carbons (Fsp3) is 0.929. The van der Waals surface area contributed by atoms with Gasteiger partial charge in [-0.05, 0) is 32.1 Å². The molecule has 0 radical (unpaired) electrons. The van der Waals surface area contributed by atoms with Gasteiger partial charge in [0, 0.05) is 45.2 Å². The number of ether oxygens (including phenoxy) is 1. The van der Waals surface area contributed by atoms with E-state index in [0.29, 0.717) is 19.1 Å². The van der Waals surface area contributed by atoms with Gasteiger partial charge in [0.05, 0.1) is 6.10 Å². The van der Waals surface area contributed by atoms with Crippen molar-refractivity contribution < 1.29 is 9.53 Å². The molecule has 2 saturated heterocycles. The van der Waals surface area contributed by atoms with Crippen LogP contribution in [0.25, 0.3) is 0 Å². The molecule has 5 heteroatoms. The van der Waals surface area contributed by atoms with Gasteiger partial charge in [0.2, 0.25) is 5.91 Å². The highest BCUT2D eigenvalue weighted by atomic mass is 16.5. The molecule has 0 aliphatic carbocycles. The molecule has 1 amide bonds. The summed E-state index contributed by atoms with van der Waals surface area (Å²) in [6.45, 7) is 4.03. The van der Waals surface area contributed by atoms with Crippen molar-refractivity contribution in [2.45, 2.75) is 50.7 Å². The number of nitrogens with zero attached hydrogens (tertiary/aromatic N) is 1. The summed E-state index contributed by atoms with van der Waals surface area (Å²) in [7, 11) is 0. The highest BCUT2D eigenvalue weighted by Gasteiger charge is 2.21. The predicted molar refractivity (Wildman–Crippen MR) is 74.9 cm³/mol. The molecule has 2 rings (SSSR count). The van der Waals surface area contributed by atoms with E-state index in [9.17, 15) is 4.79 Å². The quantitative estimate of drug-likeness (QED) is 0.736. The molecule has 0 saturated carbocycles. The van der Waals surface area contributed by atoms with Crippen molar-refractivity contribution >= 4 is 5.91 Å². The number of rotatable bonds is 6. The molecule has 3 N–H and O–H groups in total. The van der Waals surface area contributed by atoms with Gasteiger partial charge in [-0.15, -0.1) is 0 Å². The normalized spacial score (nSPS) is 25.5. The van der Waals surface area contributed by atoms with E-state index in [1.54, 1.807) is 0 Å². The number of nitrogens with two attached hydrogens (primary N) is 1. The first-order valence-electron chi connectivity index (χ1n) is 7.62. The average molecular weight is 269 g/mol. The number of piperidine rings is 1. The van der Waals surface area contributed by atoms with Crippen molar-refractivity contribution in [1.82, 2.24) is 10.2 Å². The van der Waals surface area contributed by atoms with Crippen molar-refractivity contribution in [1.29, 1.82) is 0 Å². The summed E-state index contributed by atoms with van der Waals surface area (Å²) in [5.41, 5.74) is 5.76. The minimum Gasteiger partial charge on any atom is -0.377 e. The zero-order valence-electron chi connectivity index (χ0n) is 11.8. The molecule has 0 aromatic rings. The Labute approximate surface area is 115 Å². The SMILES string of the molecule is NCC(CC(=O)N1CCCCC1)NCC1CCCO1. The van der Waals surface area contributed by atoms with Crippen LogP contribution in [-0.2, 0) is 9.53 Å². The predicted octanol–water partition coefficient (Wildman–Crippen LogP) is 0.485. The summed E-state index contributed by atoms with van der Waals surface area (Å²) in [4.78, 5) is 14.1. The highest BCUT2D eigenvalue weighted by molar-refractivity contribution is 5.76. The number of carbonyl (C=O) groups excluding carboxylic acids is 1. The Hall–Kier alpha value is -0.650. The lowest BCUT2D eigenvalue weighted by molar-refractivity contribution is -0.132. The number of amides is 1. The lowest BCUT2D eigenvalue weighted by Gasteiger charge is -2.28. The topological polar surface area (TPSA) is 67.6 Å². The number of hydrogen-bond donors (Lipinski definition) is 2. The van der Waals surface area contributed by atoms with Crippen LogP contribution in [0.15, 0.2) is 0 Å². The van der Waals surface area contributed by atoms with Crippen LogP contribution in [0.5, 0.6) is 0 Å². The smallest absolute Gasteiger partial charge is 0.224 e. The summed E-state index contributed by atoms with van der Waals surface area (Å²) >= 11 is 0. The Morgan fingerprint density at radius 2 is 2.11 bits per heavy atom. The number of carbonyl (C=O) groups is 1. The van der Waals surface area contributed by atoms with Crippen LogP contribution in [-0.4, -0.2) is 55.7 Å². The maximum atomic E-state index is 12.2. The van der Waals surface area contributed by atoms with Gasteiger partial charge in [0.1, 0.15) is 0 Å². The van der Waals surface area contributed by atoms with Crippen molar-refractivity contribution in [3.63, 3.8) is 0 Å². The zero-order chi connectivity index (χ0) is 13.5. The minimum absolute atomic E-state index is 0.0821. The van der Waals surface area contributed by atoms with E-state index in [-0.39, 0.29) is 11.9 Å². The van der Waals surface area contributed by atoms with E-state index in [1.165, 1.54) is 6.42 Å². The van der Waals surface area contributed by atoms with E-state index >= 15 is 0 Å². The molecule has 0 bridgehead atoms. The molecular formula is C14H27N3O2. The second kappa shape index (κ2) is 7.82. The summed E-state index contributed by atoms with van der Waals surface area (Å²) in [5.74, 6) is 0.245. The van der Waals surface area contributed by atoms with Crippen LogP contribution in [0.1, 0.15) is 38.5 Å². The third-order valence-corrected chi connectivity index (χ3v) is 4.07. The Morgan fingerprint density at radius 3 is 2.74 bits per heavy atom. The van der Waals surface area contributed by atoms with Crippen molar-refractivity contribution in [2.75, 3.05) is 32.8 Å². The van der Waals surface area contributed by atoms with Gasteiger partial charge in [0.25, 0.3) is 0 Å². The molecule has 0 aromatic heterocycles. The summed E-state index contributed by atoms with van der Waals surface area (Å²) in [6, 6.07) is 0.0821. The Morgan fingerprint density at radius 1 is 1.32 bits per heavy atom. The maximum Gasteiger partial charge on any atom is 0.224 e. The summed E-state index contributed by atoms with van der Waals surface area (Å²) < 4.78 is 5.57. The van der Waals surface area contributed by atoms with Crippen LogP contribution in [0.4, 0.5) is 0 Å². The molecule has 2 unspecified atom stereocenters. The molecule has 5 nitrogen and oxygen atoms in total. The van der Waals surface area contributed by atoms with Gasteiger partial charge >= 0.3 is 0 Å². The molecule has 110 valence electrons. The van der Waals surface area contributed by atoms with Crippen molar-refractivity contribution in [2.24, 2.45) is 5.73 Å². The fourth-order valence-corrected chi connectivity index (χ4v) is 2.83. The Balaban J connectivity index is 1.69. The van der Waals surface area contributed by atoms with Crippen LogP contribution in [0, 0.1) is 0 Å². The second-order valence-corrected chi connectivity index (χ2v) is 5.62. The molecular weight excluding hydrogens is 242 g/mol. The van der Waals surface area contributed by atoms with Gasteiger partial charge in [-0.25, -0.2) is 0 Å². The standard InChI is InChI=1S/C14H27N3O2/c15-10-12(16-11-13-5-4-8-19-13)9-14(18)17-6-2-1-3-7-17/h12-13,16H,1-11,15H2. The Kier molecular flexibility index (Phi) is 6.07. The molecule has 2 heterocycles. The lowest BCUT2D eigenvalue weighted by atomic mass is 10.1. The molecule has 19 heavy (non-hydrogen) atoms. The number of hydrogen-bond acceptors (Lipinski definition) is 4. The third-order valence-electron chi connectivity index (χ3n) is 4.07. The molecule has 2 aliphatic rings. The molecule has 0 spiro atoms. The van der Waals surface area contributed by atoms with Gasteiger partial charge in [-0.1, -0.05) is 0 Å². The fourth-order valence-electron chi connectivity index (χ4n) is 2.83. The number of likely N-dealkylation sites (tertiary alicyclic amines) is 1. The largest absolute Gasteiger partial charge is 0.377 e. The van der Waals surface area contributed by atoms with E-state index in [1.807, 2.05) is 4.90 Å². The zero-order valence-corrected chi connectivity index (χ0v) is 11.8. The summed E-state index contributed by atoms with van der Waals surface area (Å²) in [6.07, 6.45) is 6.62. The highest BCUT2D eigenvalue weighted by Crippen LogP contribution is 2.12. The van der Waals surface area contributed by atoms with Crippen molar-refractivity contribution in [3.8, 4) is 0 Å². The first kappa shape index (κ1) is 14.8. The van der Waals surface area contributed by atoms with E-state index in [0.717, 1.165) is 51.9 Å². The first-order valence-corrected chi connectivity index (χ1v) is 7.62. The molecule has 0 aromatic carbocycles. The van der Waals surface area contributed by atoms with Crippen LogP contribution >= 0.6 is 0 Å². The van der Waals surface area contributed by atoms with Gasteiger partial charge in [0.15, 0.2) is 0 Å². The van der Waals surface area contributed by atoms with Crippen LogP contribution < -0.4 is 11.1 Å². The van der Waals surface area contributed by atoms with Crippen LogP contribution in [0.2, 0.25) is 0 Å². The Bertz CT molecular complexity index is 274. The average Bonchev–Trinajstić information content (AvgIpc) is 2.97. The second-order valence-electron chi connectivity index (χ2n) is 5.62. The molecule has 2 aliphatic heterocycles. The number of nitrogens with one attached hydrogen (secondary N) is 1. The van der Waals surface area contributed by atoms with Gasteiger partial charge in [-0.2, -0.15) is 0 Å².